The molecule has 0 spiro atoms. The Bertz CT molecular complexity index is 721. The first-order valence-corrected chi connectivity index (χ1v) is 8.09. The predicted molar refractivity (Wildman–Crippen MR) is 92.8 cm³/mol. The van der Waals surface area contributed by atoms with Gasteiger partial charge < -0.3 is 14.8 Å². The highest BCUT2D eigenvalue weighted by Crippen LogP contribution is 2.29. The fraction of sp³-hybridized carbons (Fsp3) is 0.278. The van der Waals surface area contributed by atoms with Crippen LogP contribution in [0.5, 0.6) is 11.5 Å². The van der Waals surface area contributed by atoms with Gasteiger partial charge in [0, 0.05) is 5.56 Å². The first kappa shape index (κ1) is 18.1. The second-order valence-corrected chi connectivity index (χ2v) is 5.41. The molecule has 2 aromatic carbocycles. The van der Waals surface area contributed by atoms with Gasteiger partial charge >= 0.3 is 0 Å². The van der Waals surface area contributed by atoms with Crippen LogP contribution in [0, 0.1) is 5.82 Å². The maximum Gasteiger partial charge on any atom is 0.255 e. The highest BCUT2D eigenvalue weighted by Gasteiger charge is 2.14. The van der Waals surface area contributed by atoms with E-state index in [1.54, 1.807) is 24.3 Å². The molecule has 0 aliphatic carbocycles. The summed E-state index contributed by atoms with van der Waals surface area (Å²) in [6.07, 6.45) is 0.863. The Morgan fingerprint density at radius 2 is 1.96 bits per heavy atom. The number of anilines is 1. The molecule has 0 fully saturated rings. The molecular weight excluding hydrogens is 333 g/mol. The minimum Gasteiger partial charge on any atom is -0.490 e. The molecule has 0 unspecified atom stereocenters. The van der Waals surface area contributed by atoms with Gasteiger partial charge in [0.15, 0.2) is 17.3 Å². The van der Waals surface area contributed by atoms with Crippen LogP contribution in [0.25, 0.3) is 0 Å². The molecule has 0 saturated carbocycles. The first-order valence-electron chi connectivity index (χ1n) is 7.71. The van der Waals surface area contributed by atoms with Crippen molar-refractivity contribution < 1.29 is 18.7 Å². The van der Waals surface area contributed by atoms with Crippen molar-refractivity contribution in [1.29, 1.82) is 0 Å². The van der Waals surface area contributed by atoms with Crippen LogP contribution in [0.3, 0.4) is 0 Å². The number of halogens is 2. The maximum atomic E-state index is 13.9. The molecule has 0 atom stereocenters. The van der Waals surface area contributed by atoms with Crippen molar-refractivity contribution in [3.63, 3.8) is 0 Å². The fourth-order valence-corrected chi connectivity index (χ4v) is 2.22. The molecule has 0 bridgehead atoms. The average molecular weight is 352 g/mol. The zero-order valence-electron chi connectivity index (χ0n) is 13.6. The number of benzene rings is 2. The van der Waals surface area contributed by atoms with Crippen molar-refractivity contribution >= 4 is 23.2 Å². The SMILES string of the molecule is CCCOc1ccc(C(=O)Nc2cccc(Cl)c2F)cc1OCC. The number of nitrogens with one attached hydrogen (secondary N) is 1. The normalized spacial score (nSPS) is 10.3. The van der Waals surface area contributed by atoms with E-state index in [1.807, 2.05) is 13.8 Å². The molecule has 0 aromatic heterocycles. The molecule has 24 heavy (non-hydrogen) atoms. The van der Waals surface area contributed by atoms with E-state index in [2.05, 4.69) is 5.32 Å². The third kappa shape index (κ3) is 4.38. The second kappa shape index (κ2) is 8.55. The zero-order chi connectivity index (χ0) is 17.5. The lowest BCUT2D eigenvalue weighted by molar-refractivity contribution is 0.102. The van der Waals surface area contributed by atoms with Crippen molar-refractivity contribution in [3.8, 4) is 11.5 Å². The molecule has 2 aromatic rings. The van der Waals surface area contributed by atoms with Crippen molar-refractivity contribution in [2.75, 3.05) is 18.5 Å². The standard InChI is InChI=1S/C18H19ClFNO3/c1-3-10-24-15-9-8-12(11-16(15)23-4-2)18(22)21-14-7-5-6-13(19)17(14)20/h5-9,11H,3-4,10H2,1-2H3,(H,21,22). The van der Waals surface area contributed by atoms with Crippen LogP contribution in [-0.2, 0) is 0 Å². The summed E-state index contributed by atoms with van der Waals surface area (Å²) in [5.41, 5.74) is 0.360. The van der Waals surface area contributed by atoms with E-state index in [9.17, 15) is 9.18 Å². The number of ether oxygens (including phenoxy) is 2. The van der Waals surface area contributed by atoms with Crippen molar-refractivity contribution in [3.05, 3.63) is 52.8 Å². The summed E-state index contributed by atoms with van der Waals surface area (Å²) in [5.74, 6) is -0.0750. The van der Waals surface area contributed by atoms with Gasteiger partial charge in [-0.25, -0.2) is 4.39 Å². The summed E-state index contributed by atoms with van der Waals surface area (Å²) in [5, 5.41) is 2.45. The topological polar surface area (TPSA) is 47.6 Å². The molecule has 6 heteroatoms. The number of rotatable bonds is 7. The van der Waals surface area contributed by atoms with Gasteiger partial charge in [0.2, 0.25) is 0 Å². The molecule has 128 valence electrons. The lowest BCUT2D eigenvalue weighted by Gasteiger charge is -2.13. The van der Waals surface area contributed by atoms with E-state index in [1.165, 1.54) is 12.1 Å². The highest BCUT2D eigenvalue weighted by atomic mass is 35.5. The average Bonchev–Trinajstić information content (AvgIpc) is 2.58. The van der Waals surface area contributed by atoms with E-state index >= 15 is 0 Å². The van der Waals surface area contributed by atoms with Gasteiger partial charge in [0.25, 0.3) is 5.91 Å². The fourth-order valence-electron chi connectivity index (χ4n) is 2.04. The molecule has 0 radical (unpaired) electrons. The van der Waals surface area contributed by atoms with Crippen molar-refractivity contribution in [2.45, 2.75) is 20.3 Å². The first-order chi connectivity index (χ1) is 11.6. The summed E-state index contributed by atoms with van der Waals surface area (Å²) in [4.78, 5) is 12.3. The summed E-state index contributed by atoms with van der Waals surface area (Å²) in [6, 6.07) is 9.27. The van der Waals surface area contributed by atoms with Crippen molar-refractivity contribution in [1.82, 2.24) is 0 Å². The molecule has 0 saturated heterocycles. The highest BCUT2D eigenvalue weighted by molar-refractivity contribution is 6.31. The lowest BCUT2D eigenvalue weighted by Crippen LogP contribution is -2.13. The summed E-state index contributed by atoms with van der Waals surface area (Å²) < 4.78 is 25.0. The number of hydrogen-bond donors (Lipinski definition) is 1. The number of amides is 1. The third-order valence-electron chi connectivity index (χ3n) is 3.17. The Hall–Kier alpha value is -2.27. The van der Waals surface area contributed by atoms with Crippen LogP contribution in [0.2, 0.25) is 5.02 Å². The smallest absolute Gasteiger partial charge is 0.255 e. The summed E-state index contributed by atoms with van der Waals surface area (Å²) >= 11 is 5.72. The van der Waals surface area contributed by atoms with Crippen LogP contribution in [0.4, 0.5) is 10.1 Å². The molecule has 1 N–H and O–H groups in total. The number of carbonyl (C=O) groups is 1. The quantitative estimate of drug-likeness (QED) is 0.770. The van der Waals surface area contributed by atoms with Crippen molar-refractivity contribution in [2.24, 2.45) is 0 Å². The minimum absolute atomic E-state index is 0.0248. The molecule has 0 heterocycles. The minimum atomic E-state index is -0.666. The van der Waals surface area contributed by atoms with Crippen LogP contribution in [0.1, 0.15) is 30.6 Å². The zero-order valence-corrected chi connectivity index (χ0v) is 14.3. The van der Waals surface area contributed by atoms with Gasteiger partial charge in [0.05, 0.1) is 23.9 Å². The third-order valence-corrected chi connectivity index (χ3v) is 3.46. The lowest BCUT2D eigenvalue weighted by atomic mass is 10.1. The number of hydrogen-bond acceptors (Lipinski definition) is 3. The summed E-state index contributed by atoms with van der Waals surface area (Å²) in [7, 11) is 0. The monoisotopic (exact) mass is 351 g/mol. The van der Waals surface area contributed by atoms with Gasteiger partial charge in [-0.15, -0.1) is 0 Å². The van der Waals surface area contributed by atoms with Crippen LogP contribution < -0.4 is 14.8 Å². The number of carbonyl (C=O) groups excluding carboxylic acids is 1. The van der Waals surface area contributed by atoms with Crippen LogP contribution >= 0.6 is 11.6 Å². The van der Waals surface area contributed by atoms with E-state index in [4.69, 9.17) is 21.1 Å². The van der Waals surface area contributed by atoms with E-state index in [-0.39, 0.29) is 10.7 Å². The van der Waals surface area contributed by atoms with Gasteiger partial charge in [0.1, 0.15) is 0 Å². The summed E-state index contributed by atoms with van der Waals surface area (Å²) in [6.45, 7) is 4.84. The Morgan fingerprint density at radius 1 is 1.17 bits per heavy atom. The second-order valence-electron chi connectivity index (χ2n) is 5.00. The van der Waals surface area contributed by atoms with E-state index < -0.39 is 11.7 Å². The van der Waals surface area contributed by atoms with Crippen LogP contribution in [0.15, 0.2) is 36.4 Å². The van der Waals surface area contributed by atoms with Crippen LogP contribution in [-0.4, -0.2) is 19.1 Å². The van der Waals surface area contributed by atoms with Gasteiger partial charge in [-0.05, 0) is 43.7 Å². The molecular formula is C18H19ClFNO3. The molecule has 0 aliphatic heterocycles. The Labute approximate surface area is 145 Å². The molecule has 1 amide bonds. The molecule has 0 aliphatic rings. The Balaban J connectivity index is 2.22. The maximum absolute atomic E-state index is 13.9. The van der Waals surface area contributed by atoms with E-state index in [0.717, 1.165) is 6.42 Å². The van der Waals surface area contributed by atoms with Gasteiger partial charge in [-0.3, -0.25) is 4.79 Å². The molecule has 4 nitrogen and oxygen atoms in total. The largest absolute Gasteiger partial charge is 0.490 e. The van der Waals surface area contributed by atoms with Gasteiger partial charge in [-0.2, -0.15) is 0 Å². The molecule has 2 rings (SSSR count). The Morgan fingerprint density at radius 3 is 2.67 bits per heavy atom. The predicted octanol–water partition coefficient (Wildman–Crippen LogP) is 4.92. The Kier molecular flexibility index (Phi) is 6.44. The van der Waals surface area contributed by atoms with Gasteiger partial charge in [-0.1, -0.05) is 24.6 Å². The van der Waals surface area contributed by atoms with E-state index in [0.29, 0.717) is 30.3 Å².